The molecule has 0 aromatic heterocycles. The summed E-state index contributed by atoms with van der Waals surface area (Å²) >= 11 is 0. The van der Waals surface area contributed by atoms with Gasteiger partial charge in [-0.25, -0.2) is 0 Å². The summed E-state index contributed by atoms with van der Waals surface area (Å²) in [6.45, 7) is 11.8. The molecule has 0 amide bonds. The second kappa shape index (κ2) is 8.94. The van der Waals surface area contributed by atoms with Gasteiger partial charge in [-0.05, 0) is 37.5 Å². The summed E-state index contributed by atoms with van der Waals surface area (Å²) < 4.78 is 17.9. The van der Waals surface area contributed by atoms with Gasteiger partial charge in [-0.2, -0.15) is 0 Å². The van der Waals surface area contributed by atoms with Crippen molar-refractivity contribution in [2.75, 3.05) is 19.8 Å². The quantitative estimate of drug-likeness (QED) is 0.645. The van der Waals surface area contributed by atoms with Crippen molar-refractivity contribution < 1.29 is 13.3 Å². The van der Waals surface area contributed by atoms with Gasteiger partial charge in [0.25, 0.3) is 0 Å². The minimum Gasteiger partial charge on any atom is -0.370 e. The van der Waals surface area contributed by atoms with Crippen molar-refractivity contribution in [2.24, 2.45) is 0 Å². The van der Waals surface area contributed by atoms with E-state index in [0.717, 1.165) is 21.9 Å². The number of benzene rings is 2. The molecule has 2 rings (SSSR count). The van der Waals surface area contributed by atoms with Gasteiger partial charge in [0.15, 0.2) is 0 Å². The van der Waals surface area contributed by atoms with Crippen LogP contribution in [0.4, 0.5) is 0 Å². The average molecular weight is 343 g/mol. The van der Waals surface area contributed by atoms with Crippen LogP contribution in [0.5, 0.6) is 0 Å². The lowest BCUT2D eigenvalue weighted by Crippen LogP contribution is -2.56. The van der Waals surface area contributed by atoms with Gasteiger partial charge >= 0.3 is 8.80 Å². The first kappa shape index (κ1) is 18.6. The Bertz CT molecular complexity index is 621. The molecule has 0 radical (unpaired) electrons. The first-order valence-electron chi connectivity index (χ1n) is 8.44. The monoisotopic (exact) mass is 342 g/mol. The zero-order valence-corrected chi connectivity index (χ0v) is 15.7. The Balaban J connectivity index is 2.30. The van der Waals surface area contributed by atoms with Crippen LogP contribution in [0.15, 0.2) is 61.2 Å². The van der Waals surface area contributed by atoms with Crippen molar-refractivity contribution in [3.63, 3.8) is 0 Å². The van der Waals surface area contributed by atoms with Gasteiger partial charge in [-0.3, -0.25) is 0 Å². The van der Waals surface area contributed by atoms with Crippen LogP contribution in [0.25, 0.3) is 5.57 Å². The lowest BCUT2D eigenvalue weighted by atomic mass is 10.00. The summed E-state index contributed by atoms with van der Waals surface area (Å²) in [6.07, 6.45) is 0. The molecule has 0 unspecified atom stereocenters. The second-order valence-corrected chi connectivity index (χ2v) is 7.83. The third-order valence-corrected chi connectivity index (χ3v) is 6.76. The van der Waals surface area contributed by atoms with E-state index in [0.29, 0.717) is 19.8 Å². The van der Waals surface area contributed by atoms with E-state index in [9.17, 15) is 0 Å². The van der Waals surface area contributed by atoms with Crippen molar-refractivity contribution >= 4 is 19.6 Å². The molecule has 0 aliphatic carbocycles. The Kier molecular flexibility index (Phi) is 6.94. The van der Waals surface area contributed by atoms with Crippen LogP contribution in [0, 0.1) is 0 Å². The SMILES string of the molecule is C=C(c1ccccc1)c1ccc([Si](OCC)(OCC)OCC)cc1. The van der Waals surface area contributed by atoms with Gasteiger partial charge in [0.2, 0.25) is 0 Å². The molecule has 0 saturated heterocycles. The van der Waals surface area contributed by atoms with E-state index in [4.69, 9.17) is 13.3 Å². The largest absolute Gasteiger partial charge is 0.537 e. The Morgan fingerprint density at radius 2 is 1.21 bits per heavy atom. The molecule has 4 heteroatoms. The van der Waals surface area contributed by atoms with Gasteiger partial charge in [-0.1, -0.05) is 61.2 Å². The molecule has 0 saturated carbocycles. The second-order valence-electron chi connectivity index (χ2n) is 5.28. The normalized spacial score (nSPS) is 11.5. The molecule has 0 fully saturated rings. The summed E-state index contributed by atoms with van der Waals surface area (Å²) in [4.78, 5) is 0. The van der Waals surface area contributed by atoms with Crippen LogP contribution in [-0.2, 0) is 13.3 Å². The fraction of sp³-hybridized carbons (Fsp3) is 0.300. The minimum atomic E-state index is -2.84. The Labute approximate surface area is 146 Å². The van der Waals surface area contributed by atoms with Crippen LogP contribution < -0.4 is 5.19 Å². The molecule has 24 heavy (non-hydrogen) atoms. The Hall–Kier alpha value is -1.72. The number of hydrogen-bond acceptors (Lipinski definition) is 3. The Morgan fingerprint density at radius 1 is 0.750 bits per heavy atom. The van der Waals surface area contributed by atoms with Gasteiger partial charge in [-0.15, -0.1) is 0 Å². The molecule has 0 N–H and O–H groups in total. The highest BCUT2D eigenvalue weighted by atomic mass is 28.4. The highest BCUT2D eigenvalue weighted by Gasteiger charge is 2.43. The molecule has 0 bridgehead atoms. The predicted octanol–water partition coefficient (Wildman–Crippen LogP) is 4.00. The maximum atomic E-state index is 5.95. The maximum Gasteiger partial charge on any atom is 0.537 e. The highest BCUT2D eigenvalue weighted by Crippen LogP contribution is 2.21. The summed E-state index contributed by atoms with van der Waals surface area (Å²) in [5.41, 5.74) is 3.20. The summed E-state index contributed by atoms with van der Waals surface area (Å²) in [7, 11) is -2.84. The Morgan fingerprint density at radius 3 is 1.67 bits per heavy atom. The van der Waals surface area contributed by atoms with Crippen molar-refractivity contribution in [3.05, 3.63) is 72.3 Å². The predicted molar refractivity (Wildman–Crippen MR) is 101 cm³/mol. The summed E-state index contributed by atoms with van der Waals surface area (Å²) in [5.74, 6) is 0. The molecule has 0 spiro atoms. The van der Waals surface area contributed by atoms with Crippen LogP contribution in [0.1, 0.15) is 31.9 Å². The van der Waals surface area contributed by atoms with E-state index in [2.05, 4.69) is 30.8 Å². The molecule has 0 aliphatic heterocycles. The molecule has 128 valence electrons. The van der Waals surface area contributed by atoms with Crippen molar-refractivity contribution in [1.29, 1.82) is 0 Å². The van der Waals surface area contributed by atoms with E-state index in [-0.39, 0.29) is 0 Å². The zero-order chi connectivity index (χ0) is 17.4. The smallest absolute Gasteiger partial charge is 0.370 e. The molecule has 0 atom stereocenters. The zero-order valence-electron chi connectivity index (χ0n) is 14.7. The molecule has 0 aliphatic rings. The van der Waals surface area contributed by atoms with E-state index in [1.54, 1.807) is 0 Å². The highest BCUT2D eigenvalue weighted by molar-refractivity contribution is 6.75. The summed E-state index contributed by atoms with van der Waals surface area (Å²) in [5, 5.41) is 0.984. The fourth-order valence-electron chi connectivity index (χ4n) is 2.63. The van der Waals surface area contributed by atoms with E-state index >= 15 is 0 Å². The molecule has 2 aromatic carbocycles. The third-order valence-electron chi connectivity index (χ3n) is 3.71. The standard InChI is InChI=1S/C20H26O3Si/c1-5-21-24(22-6-2,23-7-3)20-15-13-19(14-16-20)17(4)18-11-9-8-10-12-18/h8-16H,4-7H2,1-3H3. The third kappa shape index (κ3) is 4.22. The minimum absolute atomic E-state index is 0.560. The van der Waals surface area contributed by atoms with Crippen LogP contribution in [-0.4, -0.2) is 28.6 Å². The fourth-order valence-corrected chi connectivity index (χ4v) is 5.09. The lowest BCUT2D eigenvalue weighted by Gasteiger charge is -2.28. The van der Waals surface area contributed by atoms with E-state index < -0.39 is 8.80 Å². The summed E-state index contributed by atoms with van der Waals surface area (Å²) in [6, 6.07) is 18.4. The molecule has 2 aromatic rings. The van der Waals surface area contributed by atoms with Gasteiger partial charge < -0.3 is 13.3 Å². The van der Waals surface area contributed by atoms with E-state index in [1.165, 1.54) is 0 Å². The topological polar surface area (TPSA) is 27.7 Å². The molecular formula is C20H26O3Si. The van der Waals surface area contributed by atoms with E-state index in [1.807, 2.05) is 51.1 Å². The van der Waals surface area contributed by atoms with Crippen LogP contribution in [0.3, 0.4) is 0 Å². The molecule has 0 heterocycles. The van der Waals surface area contributed by atoms with Crippen molar-refractivity contribution in [3.8, 4) is 0 Å². The number of rotatable bonds is 9. The van der Waals surface area contributed by atoms with Gasteiger partial charge in [0.1, 0.15) is 0 Å². The molecule has 3 nitrogen and oxygen atoms in total. The molecular weight excluding hydrogens is 316 g/mol. The lowest BCUT2D eigenvalue weighted by molar-refractivity contribution is 0.0859. The van der Waals surface area contributed by atoms with Crippen LogP contribution >= 0.6 is 0 Å². The average Bonchev–Trinajstić information content (AvgIpc) is 2.62. The van der Waals surface area contributed by atoms with Crippen LogP contribution in [0.2, 0.25) is 0 Å². The van der Waals surface area contributed by atoms with Crippen molar-refractivity contribution in [1.82, 2.24) is 0 Å². The van der Waals surface area contributed by atoms with Gasteiger partial charge in [0.05, 0.1) is 0 Å². The number of hydrogen-bond donors (Lipinski definition) is 0. The van der Waals surface area contributed by atoms with Gasteiger partial charge in [0, 0.05) is 25.0 Å². The maximum absolute atomic E-state index is 5.95. The first-order valence-corrected chi connectivity index (χ1v) is 10.2. The first-order chi connectivity index (χ1) is 11.7. The van der Waals surface area contributed by atoms with Crippen molar-refractivity contribution in [2.45, 2.75) is 20.8 Å².